The van der Waals surface area contributed by atoms with Gasteiger partial charge in [0.25, 0.3) is 0 Å². The Hall–Kier alpha value is -0.760. The molecular formula is C7H7ClFN. The minimum atomic E-state index is -0.454. The number of halogens is 2. The Morgan fingerprint density at radius 1 is 1.50 bits per heavy atom. The van der Waals surface area contributed by atoms with Crippen LogP contribution < -0.4 is 5.73 Å². The van der Waals surface area contributed by atoms with Crippen molar-refractivity contribution >= 4 is 17.3 Å². The Balaban J connectivity index is 3.31. The van der Waals surface area contributed by atoms with Crippen molar-refractivity contribution < 1.29 is 4.39 Å². The number of nitrogen functional groups attached to an aromatic ring is 1. The highest BCUT2D eigenvalue weighted by molar-refractivity contribution is 6.30. The van der Waals surface area contributed by atoms with Crippen LogP contribution in [0.15, 0.2) is 12.1 Å². The maximum Gasteiger partial charge on any atom is 0.147 e. The fourth-order valence-electron chi connectivity index (χ4n) is 0.713. The first-order valence-electron chi connectivity index (χ1n) is 2.82. The summed E-state index contributed by atoms with van der Waals surface area (Å²) in [6, 6.07) is 2.82. The van der Waals surface area contributed by atoms with Crippen LogP contribution in [-0.2, 0) is 0 Å². The fraction of sp³-hybridized carbons (Fsp3) is 0.143. The van der Waals surface area contributed by atoms with Gasteiger partial charge in [-0.15, -0.1) is 0 Å². The highest BCUT2D eigenvalue weighted by Crippen LogP contribution is 2.20. The van der Waals surface area contributed by atoms with E-state index >= 15 is 0 Å². The van der Waals surface area contributed by atoms with Crippen LogP contribution in [-0.4, -0.2) is 0 Å². The van der Waals surface area contributed by atoms with Gasteiger partial charge in [0.15, 0.2) is 0 Å². The molecule has 1 aromatic carbocycles. The molecule has 10 heavy (non-hydrogen) atoms. The maximum absolute atomic E-state index is 12.6. The molecule has 2 N–H and O–H groups in total. The summed E-state index contributed by atoms with van der Waals surface area (Å²) in [5.74, 6) is -0.454. The second-order valence-corrected chi connectivity index (χ2v) is 2.55. The summed E-state index contributed by atoms with van der Waals surface area (Å²) in [5, 5.41) is 0.379. The van der Waals surface area contributed by atoms with Gasteiger partial charge >= 0.3 is 0 Å². The van der Waals surface area contributed by atoms with Crippen LogP contribution in [0.5, 0.6) is 0 Å². The Morgan fingerprint density at radius 2 is 2.10 bits per heavy atom. The summed E-state index contributed by atoms with van der Waals surface area (Å²) < 4.78 is 12.6. The van der Waals surface area contributed by atoms with E-state index in [0.29, 0.717) is 10.6 Å². The van der Waals surface area contributed by atoms with Crippen LogP contribution in [0.3, 0.4) is 0 Å². The van der Waals surface area contributed by atoms with E-state index < -0.39 is 5.82 Å². The summed E-state index contributed by atoms with van der Waals surface area (Å²) in [7, 11) is 0. The van der Waals surface area contributed by atoms with Crippen LogP contribution in [0.4, 0.5) is 10.1 Å². The molecule has 0 aliphatic rings. The molecule has 0 saturated heterocycles. The van der Waals surface area contributed by atoms with E-state index in [4.69, 9.17) is 17.3 Å². The average Bonchev–Trinajstić information content (AvgIpc) is 1.82. The molecule has 1 aromatic rings. The highest BCUT2D eigenvalue weighted by atomic mass is 35.5. The summed E-state index contributed by atoms with van der Waals surface area (Å²) in [6.45, 7) is 1.71. The van der Waals surface area contributed by atoms with Gasteiger partial charge in [-0.1, -0.05) is 11.6 Å². The van der Waals surface area contributed by atoms with Crippen molar-refractivity contribution in [2.75, 3.05) is 5.73 Å². The van der Waals surface area contributed by atoms with E-state index in [1.165, 1.54) is 6.07 Å². The van der Waals surface area contributed by atoms with E-state index in [2.05, 4.69) is 0 Å². The first-order chi connectivity index (χ1) is 4.61. The Kier molecular flexibility index (Phi) is 1.81. The summed E-state index contributed by atoms with van der Waals surface area (Å²) in [5.41, 5.74) is 6.16. The quantitative estimate of drug-likeness (QED) is 0.578. The fourth-order valence-corrected chi connectivity index (χ4v) is 0.973. The number of aryl methyl sites for hydroxylation is 1. The first-order valence-corrected chi connectivity index (χ1v) is 3.20. The van der Waals surface area contributed by atoms with Crippen LogP contribution in [0, 0.1) is 12.7 Å². The molecule has 1 rings (SSSR count). The molecule has 0 aliphatic carbocycles. The normalized spacial score (nSPS) is 9.90. The molecule has 0 spiro atoms. The molecule has 0 bridgehead atoms. The maximum atomic E-state index is 12.6. The lowest BCUT2D eigenvalue weighted by Gasteiger charge is -2.00. The second-order valence-electron chi connectivity index (χ2n) is 2.12. The predicted molar refractivity (Wildman–Crippen MR) is 40.6 cm³/mol. The van der Waals surface area contributed by atoms with Gasteiger partial charge in [-0.2, -0.15) is 0 Å². The second kappa shape index (κ2) is 2.46. The van der Waals surface area contributed by atoms with Crippen molar-refractivity contribution in [3.8, 4) is 0 Å². The van der Waals surface area contributed by atoms with Crippen molar-refractivity contribution in [3.63, 3.8) is 0 Å². The van der Waals surface area contributed by atoms with Gasteiger partial charge in [0.05, 0.1) is 5.69 Å². The molecule has 0 unspecified atom stereocenters. The number of hydrogen-bond acceptors (Lipinski definition) is 1. The molecule has 0 heterocycles. The topological polar surface area (TPSA) is 26.0 Å². The molecule has 0 radical (unpaired) electrons. The summed E-state index contributed by atoms with van der Waals surface area (Å²) in [6.07, 6.45) is 0. The average molecular weight is 160 g/mol. The number of rotatable bonds is 0. The zero-order valence-corrected chi connectivity index (χ0v) is 6.24. The lowest BCUT2D eigenvalue weighted by molar-refractivity contribution is 0.631. The highest BCUT2D eigenvalue weighted by Gasteiger charge is 2.01. The number of hydrogen-bond donors (Lipinski definition) is 1. The molecule has 0 aliphatic heterocycles. The van der Waals surface area contributed by atoms with Crippen LogP contribution >= 0.6 is 11.6 Å². The van der Waals surface area contributed by atoms with Crippen molar-refractivity contribution in [2.45, 2.75) is 6.92 Å². The van der Waals surface area contributed by atoms with Crippen molar-refractivity contribution in [1.29, 1.82) is 0 Å². The standard InChI is InChI=1S/C7H7ClFN/c1-4-2-5(8)3-6(9)7(4)10/h2-3H,10H2,1H3. The number of nitrogens with two attached hydrogens (primary N) is 1. The lowest BCUT2D eigenvalue weighted by atomic mass is 10.2. The van der Waals surface area contributed by atoms with E-state index in [1.54, 1.807) is 13.0 Å². The van der Waals surface area contributed by atoms with E-state index in [9.17, 15) is 4.39 Å². The smallest absolute Gasteiger partial charge is 0.147 e. The van der Waals surface area contributed by atoms with Crippen molar-refractivity contribution in [1.82, 2.24) is 0 Å². The summed E-state index contributed by atoms with van der Waals surface area (Å²) >= 11 is 5.53. The minimum absolute atomic E-state index is 0.171. The third-order valence-electron chi connectivity index (χ3n) is 1.30. The molecule has 54 valence electrons. The summed E-state index contributed by atoms with van der Waals surface area (Å²) in [4.78, 5) is 0. The van der Waals surface area contributed by atoms with Crippen LogP contribution in [0.1, 0.15) is 5.56 Å². The number of benzene rings is 1. The molecular weight excluding hydrogens is 153 g/mol. The first kappa shape index (κ1) is 7.35. The van der Waals surface area contributed by atoms with Crippen LogP contribution in [0.2, 0.25) is 5.02 Å². The van der Waals surface area contributed by atoms with E-state index in [-0.39, 0.29) is 5.69 Å². The monoisotopic (exact) mass is 159 g/mol. The third kappa shape index (κ3) is 1.21. The van der Waals surface area contributed by atoms with Gasteiger partial charge in [-0.05, 0) is 24.6 Å². The molecule has 0 fully saturated rings. The van der Waals surface area contributed by atoms with Gasteiger partial charge in [0.1, 0.15) is 5.82 Å². The van der Waals surface area contributed by atoms with Crippen molar-refractivity contribution in [2.24, 2.45) is 0 Å². The molecule has 0 atom stereocenters. The number of anilines is 1. The van der Waals surface area contributed by atoms with Gasteiger partial charge in [-0.3, -0.25) is 0 Å². The zero-order chi connectivity index (χ0) is 7.72. The predicted octanol–water partition coefficient (Wildman–Crippen LogP) is 2.37. The SMILES string of the molecule is Cc1cc(Cl)cc(F)c1N. The van der Waals surface area contributed by atoms with Gasteiger partial charge in [0.2, 0.25) is 0 Å². The van der Waals surface area contributed by atoms with Crippen molar-refractivity contribution in [3.05, 3.63) is 28.5 Å². The zero-order valence-electron chi connectivity index (χ0n) is 5.49. The molecule has 0 aromatic heterocycles. The minimum Gasteiger partial charge on any atom is -0.396 e. The molecule has 1 nitrogen and oxygen atoms in total. The molecule has 0 amide bonds. The molecule has 0 saturated carbocycles. The van der Waals surface area contributed by atoms with E-state index in [0.717, 1.165) is 0 Å². The van der Waals surface area contributed by atoms with Gasteiger partial charge in [-0.25, -0.2) is 4.39 Å². The Morgan fingerprint density at radius 3 is 2.60 bits per heavy atom. The third-order valence-corrected chi connectivity index (χ3v) is 1.52. The lowest BCUT2D eigenvalue weighted by Crippen LogP contribution is -1.93. The van der Waals surface area contributed by atoms with Crippen LogP contribution in [0.25, 0.3) is 0 Å². The Labute approximate surface area is 63.6 Å². The van der Waals surface area contributed by atoms with Gasteiger partial charge < -0.3 is 5.73 Å². The largest absolute Gasteiger partial charge is 0.396 e. The Bertz CT molecular complexity index is 237. The molecule has 3 heteroatoms. The van der Waals surface area contributed by atoms with Gasteiger partial charge in [0, 0.05) is 5.02 Å². The van der Waals surface area contributed by atoms with E-state index in [1.807, 2.05) is 0 Å².